The Morgan fingerprint density at radius 3 is 2.03 bits per heavy atom. The van der Waals surface area contributed by atoms with Gasteiger partial charge in [0.25, 0.3) is 0 Å². The predicted octanol–water partition coefficient (Wildman–Crippen LogP) is 5.33. The number of aryl methyl sites for hydroxylation is 1. The number of hydrogen-bond acceptors (Lipinski definition) is 6. The molecule has 0 aliphatic carbocycles. The molecule has 1 aliphatic heterocycles. The molecule has 6 heteroatoms. The van der Waals surface area contributed by atoms with Crippen LogP contribution in [0.4, 0.5) is 23.0 Å². The van der Waals surface area contributed by atoms with Crippen molar-refractivity contribution in [2.24, 2.45) is 0 Å². The lowest BCUT2D eigenvalue weighted by atomic mass is 9.96. The SMILES string of the molecule is Cc1cccc(Nc2ncnc(N3CCN(C(c4ccccc4)c4ccccc4)CC3)c2N)c1C. The van der Waals surface area contributed by atoms with Crippen LogP contribution in [0.3, 0.4) is 0 Å². The van der Waals surface area contributed by atoms with Crippen LogP contribution in [-0.4, -0.2) is 41.0 Å². The first kappa shape index (κ1) is 22.9. The molecule has 0 atom stereocenters. The van der Waals surface area contributed by atoms with Gasteiger partial charge in [0.05, 0.1) is 6.04 Å². The van der Waals surface area contributed by atoms with Crippen molar-refractivity contribution in [3.63, 3.8) is 0 Å². The number of benzene rings is 3. The highest BCUT2D eigenvalue weighted by Crippen LogP contribution is 2.33. The van der Waals surface area contributed by atoms with Crippen molar-refractivity contribution in [3.8, 4) is 0 Å². The van der Waals surface area contributed by atoms with Gasteiger partial charge < -0.3 is 16.0 Å². The Morgan fingerprint density at radius 1 is 0.771 bits per heavy atom. The van der Waals surface area contributed by atoms with Crippen LogP contribution in [0.25, 0.3) is 0 Å². The van der Waals surface area contributed by atoms with Crippen LogP contribution in [0.1, 0.15) is 28.3 Å². The van der Waals surface area contributed by atoms with Crippen LogP contribution in [0.2, 0.25) is 0 Å². The maximum absolute atomic E-state index is 6.58. The Bertz CT molecular complexity index is 1230. The van der Waals surface area contributed by atoms with E-state index < -0.39 is 0 Å². The molecule has 2 heterocycles. The Kier molecular flexibility index (Phi) is 6.64. The summed E-state index contributed by atoms with van der Waals surface area (Å²) in [5.74, 6) is 1.45. The van der Waals surface area contributed by atoms with E-state index in [2.05, 4.69) is 112 Å². The topological polar surface area (TPSA) is 70.3 Å². The zero-order valence-corrected chi connectivity index (χ0v) is 20.4. The van der Waals surface area contributed by atoms with Crippen molar-refractivity contribution in [1.82, 2.24) is 14.9 Å². The van der Waals surface area contributed by atoms with Crippen molar-refractivity contribution >= 4 is 23.0 Å². The first-order valence-electron chi connectivity index (χ1n) is 12.1. The molecule has 178 valence electrons. The number of nitrogens with two attached hydrogens (primary N) is 1. The zero-order chi connectivity index (χ0) is 24.2. The summed E-state index contributed by atoms with van der Waals surface area (Å²) in [5, 5.41) is 3.42. The molecule has 1 fully saturated rings. The third kappa shape index (κ3) is 4.84. The van der Waals surface area contributed by atoms with Crippen molar-refractivity contribution in [2.45, 2.75) is 19.9 Å². The van der Waals surface area contributed by atoms with E-state index in [0.29, 0.717) is 11.5 Å². The van der Waals surface area contributed by atoms with Gasteiger partial charge in [0.15, 0.2) is 11.6 Å². The predicted molar refractivity (Wildman–Crippen MR) is 144 cm³/mol. The van der Waals surface area contributed by atoms with Gasteiger partial charge in [-0.05, 0) is 42.2 Å². The van der Waals surface area contributed by atoms with Gasteiger partial charge in [-0.15, -0.1) is 0 Å². The summed E-state index contributed by atoms with van der Waals surface area (Å²) >= 11 is 0. The highest BCUT2D eigenvalue weighted by Gasteiger charge is 2.28. The molecule has 0 amide bonds. The molecule has 0 spiro atoms. The summed E-state index contributed by atoms with van der Waals surface area (Å²) in [5.41, 5.74) is 13.2. The van der Waals surface area contributed by atoms with Gasteiger partial charge in [0, 0.05) is 31.9 Å². The van der Waals surface area contributed by atoms with Crippen LogP contribution in [0.15, 0.2) is 85.2 Å². The molecule has 0 saturated carbocycles. The fourth-order valence-corrected chi connectivity index (χ4v) is 4.83. The fourth-order valence-electron chi connectivity index (χ4n) is 4.83. The number of rotatable bonds is 6. The lowest BCUT2D eigenvalue weighted by molar-refractivity contribution is 0.212. The highest BCUT2D eigenvalue weighted by atomic mass is 15.3. The summed E-state index contributed by atoms with van der Waals surface area (Å²) < 4.78 is 0. The zero-order valence-electron chi connectivity index (χ0n) is 20.4. The number of nitrogens with one attached hydrogen (secondary N) is 1. The van der Waals surface area contributed by atoms with Crippen LogP contribution in [0, 0.1) is 13.8 Å². The van der Waals surface area contributed by atoms with E-state index in [0.717, 1.165) is 37.7 Å². The number of nitrogens with zero attached hydrogens (tertiary/aromatic N) is 4. The van der Waals surface area contributed by atoms with E-state index in [4.69, 9.17) is 5.73 Å². The van der Waals surface area contributed by atoms with E-state index >= 15 is 0 Å². The van der Waals surface area contributed by atoms with Gasteiger partial charge in [-0.2, -0.15) is 0 Å². The molecule has 1 saturated heterocycles. The van der Waals surface area contributed by atoms with Crippen LogP contribution >= 0.6 is 0 Å². The number of anilines is 4. The fraction of sp³-hybridized carbons (Fsp3) is 0.241. The van der Waals surface area contributed by atoms with Gasteiger partial charge in [-0.3, -0.25) is 4.90 Å². The molecule has 6 nitrogen and oxygen atoms in total. The standard InChI is InChI=1S/C29H32N6/c1-21-10-9-15-25(22(21)2)33-28-26(30)29(32-20-31-28)35-18-16-34(17-19-35)27(23-11-5-3-6-12-23)24-13-7-4-8-14-24/h3-15,20,27H,16-19,30H2,1-2H3,(H,31,32,33). The van der Waals surface area contributed by atoms with Gasteiger partial charge in [-0.1, -0.05) is 72.8 Å². The second-order valence-electron chi connectivity index (χ2n) is 9.08. The van der Waals surface area contributed by atoms with Crippen molar-refractivity contribution in [3.05, 3.63) is 107 Å². The minimum absolute atomic E-state index is 0.226. The molecule has 1 aliphatic rings. The van der Waals surface area contributed by atoms with E-state index in [1.54, 1.807) is 6.33 Å². The molecule has 3 aromatic carbocycles. The van der Waals surface area contributed by atoms with E-state index in [9.17, 15) is 0 Å². The summed E-state index contributed by atoms with van der Waals surface area (Å²) in [6.45, 7) is 7.73. The monoisotopic (exact) mass is 464 g/mol. The smallest absolute Gasteiger partial charge is 0.159 e. The Balaban J connectivity index is 1.35. The number of piperazine rings is 1. The van der Waals surface area contributed by atoms with E-state index in [-0.39, 0.29) is 6.04 Å². The van der Waals surface area contributed by atoms with Crippen molar-refractivity contribution < 1.29 is 0 Å². The lowest BCUT2D eigenvalue weighted by Gasteiger charge is -2.40. The van der Waals surface area contributed by atoms with Crippen LogP contribution in [-0.2, 0) is 0 Å². The average Bonchev–Trinajstić information content (AvgIpc) is 2.90. The Labute approximate surface area is 207 Å². The second-order valence-corrected chi connectivity index (χ2v) is 9.08. The van der Waals surface area contributed by atoms with Crippen molar-refractivity contribution in [1.29, 1.82) is 0 Å². The third-order valence-electron chi connectivity index (χ3n) is 6.93. The molecule has 0 bridgehead atoms. The molecule has 4 aromatic rings. The van der Waals surface area contributed by atoms with Crippen LogP contribution in [0.5, 0.6) is 0 Å². The molecule has 1 aromatic heterocycles. The largest absolute Gasteiger partial charge is 0.393 e. The molecule has 0 unspecified atom stereocenters. The maximum atomic E-state index is 6.58. The highest BCUT2D eigenvalue weighted by molar-refractivity contribution is 5.79. The minimum atomic E-state index is 0.226. The number of aromatic nitrogens is 2. The van der Waals surface area contributed by atoms with Gasteiger partial charge >= 0.3 is 0 Å². The van der Waals surface area contributed by atoms with Gasteiger partial charge in [0.1, 0.15) is 12.0 Å². The molecule has 0 radical (unpaired) electrons. The number of hydrogen-bond donors (Lipinski definition) is 2. The third-order valence-corrected chi connectivity index (χ3v) is 6.93. The molecular formula is C29H32N6. The maximum Gasteiger partial charge on any atom is 0.159 e. The molecule has 5 rings (SSSR count). The second kappa shape index (κ2) is 10.2. The number of nitrogen functional groups attached to an aromatic ring is 1. The lowest BCUT2D eigenvalue weighted by Crippen LogP contribution is -2.48. The Hall–Kier alpha value is -3.90. The van der Waals surface area contributed by atoms with Gasteiger partial charge in [-0.25, -0.2) is 9.97 Å². The van der Waals surface area contributed by atoms with Crippen LogP contribution < -0.4 is 16.0 Å². The average molecular weight is 465 g/mol. The van der Waals surface area contributed by atoms with E-state index in [1.165, 1.54) is 22.3 Å². The first-order valence-corrected chi connectivity index (χ1v) is 12.1. The molecule has 35 heavy (non-hydrogen) atoms. The quantitative estimate of drug-likeness (QED) is 0.402. The molecular weight excluding hydrogens is 432 g/mol. The van der Waals surface area contributed by atoms with Gasteiger partial charge in [0.2, 0.25) is 0 Å². The summed E-state index contributed by atoms with van der Waals surface area (Å²) in [7, 11) is 0. The first-order chi connectivity index (χ1) is 17.1. The summed E-state index contributed by atoms with van der Waals surface area (Å²) in [4.78, 5) is 13.8. The van der Waals surface area contributed by atoms with Crippen molar-refractivity contribution in [2.75, 3.05) is 42.1 Å². The summed E-state index contributed by atoms with van der Waals surface area (Å²) in [6.07, 6.45) is 1.60. The van der Waals surface area contributed by atoms with E-state index in [1.807, 2.05) is 6.07 Å². The Morgan fingerprint density at radius 2 is 1.40 bits per heavy atom. The minimum Gasteiger partial charge on any atom is -0.393 e. The molecule has 3 N–H and O–H groups in total. The normalized spacial score (nSPS) is 14.3. The summed E-state index contributed by atoms with van der Waals surface area (Å²) in [6, 6.07) is 27.9.